The summed E-state index contributed by atoms with van der Waals surface area (Å²) in [5.74, 6) is 0.665. The lowest BCUT2D eigenvalue weighted by Gasteiger charge is -2.22. The second kappa shape index (κ2) is 7.72. The molecule has 1 aliphatic rings. The molecule has 3 aromatic rings. The molecule has 1 saturated heterocycles. The van der Waals surface area contributed by atoms with E-state index in [0.717, 1.165) is 17.7 Å². The molecule has 0 saturated carbocycles. The summed E-state index contributed by atoms with van der Waals surface area (Å²) in [6, 6.07) is 17.4. The third-order valence-corrected chi connectivity index (χ3v) is 5.67. The average molecular weight is 390 g/mol. The minimum atomic E-state index is -0.0321. The van der Waals surface area contributed by atoms with Gasteiger partial charge in [0.2, 0.25) is 0 Å². The second-order valence-corrected chi connectivity index (χ2v) is 7.86. The molecule has 150 valence electrons. The van der Waals surface area contributed by atoms with Crippen LogP contribution < -0.4 is 10.5 Å². The highest BCUT2D eigenvalue weighted by Crippen LogP contribution is 2.34. The van der Waals surface area contributed by atoms with Crippen LogP contribution in [0.5, 0.6) is 5.75 Å². The highest BCUT2D eigenvalue weighted by atomic mass is 16.5. The lowest BCUT2D eigenvalue weighted by Crippen LogP contribution is -2.34. The first-order valence-electron chi connectivity index (χ1n) is 9.82. The van der Waals surface area contributed by atoms with Gasteiger partial charge < -0.3 is 15.4 Å². The zero-order valence-corrected chi connectivity index (χ0v) is 16.8. The molecule has 2 heterocycles. The topological polar surface area (TPSA) is 73.4 Å². The van der Waals surface area contributed by atoms with E-state index < -0.39 is 0 Å². The second-order valence-electron chi connectivity index (χ2n) is 7.86. The Morgan fingerprint density at radius 1 is 1.17 bits per heavy atom. The van der Waals surface area contributed by atoms with Crippen LogP contribution in [0.1, 0.15) is 23.7 Å². The van der Waals surface area contributed by atoms with Crippen LogP contribution in [0.25, 0.3) is 16.9 Å². The number of rotatable bonds is 5. The van der Waals surface area contributed by atoms with Gasteiger partial charge in [-0.2, -0.15) is 5.10 Å². The molecule has 2 N–H and O–H groups in total. The third-order valence-electron chi connectivity index (χ3n) is 5.67. The molecular weight excluding hydrogens is 364 g/mol. The molecular formula is C23H26N4O2. The van der Waals surface area contributed by atoms with Gasteiger partial charge in [-0.1, -0.05) is 37.3 Å². The zero-order valence-electron chi connectivity index (χ0n) is 16.8. The summed E-state index contributed by atoms with van der Waals surface area (Å²) in [4.78, 5) is 15.4. The number of likely N-dealkylation sites (tertiary alicyclic amines) is 1. The summed E-state index contributed by atoms with van der Waals surface area (Å²) < 4.78 is 7.29. The Morgan fingerprint density at radius 3 is 2.59 bits per heavy atom. The molecule has 0 radical (unpaired) electrons. The Bertz CT molecular complexity index is 1010. The summed E-state index contributed by atoms with van der Waals surface area (Å²) in [5, 5.41) is 4.77. The van der Waals surface area contributed by atoms with E-state index in [2.05, 4.69) is 6.92 Å². The number of amides is 1. The van der Waals surface area contributed by atoms with Gasteiger partial charge in [-0.05, 0) is 42.6 Å². The van der Waals surface area contributed by atoms with Crippen LogP contribution in [-0.4, -0.2) is 47.3 Å². The fourth-order valence-electron chi connectivity index (χ4n) is 3.82. The minimum absolute atomic E-state index is 0.0229. The van der Waals surface area contributed by atoms with Gasteiger partial charge >= 0.3 is 0 Å². The number of carbonyl (C=O) groups excluding carboxylic acids is 1. The maximum absolute atomic E-state index is 13.5. The Morgan fingerprint density at radius 2 is 1.90 bits per heavy atom. The highest BCUT2D eigenvalue weighted by molar-refractivity contribution is 6.00. The van der Waals surface area contributed by atoms with Crippen LogP contribution in [0.15, 0.2) is 60.8 Å². The predicted molar refractivity (Wildman–Crippen MR) is 113 cm³/mol. The van der Waals surface area contributed by atoms with Gasteiger partial charge in [0, 0.05) is 24.8 Å². The smallest absolute Gasteiger partial charge is 0.257 e. The van der Waals surface area contributed by atoms with Crippen LogP contribution in [-0.2, 0) is 0 Å². The van der Waals surface area contributed by atoms with Crippen molar-refractivity contribution in [2.45, 2.75) is 13.3 Å². The first-order chi connectivity index (χ1) is 14.0. The van der Waals surface area contributed by atoms with Crippen LogP contribution >= 0.6 is 0 Å². The van der Waals surface area contributed by atoms with E-state index in [-0.39, 0.29) is 11.3 Å². The summed E-state index contributed by atoms with van der Waals surface area (Å²) in [6.45, 7) is 4.06. The number of benzene rings is 2. The van der Waals surface area contributed by atoms with E-state index in [4.69, 9.17) is 15.6 Å². The van der Waals surface area contributed by atoms with Crippen LogP contribution in [0.2, 0.25) is 0 Å². The normalized spacial score (nSPS) is 18.8. The molecule has 29 heavy (non-hydrogen) atoms. The lowest BCUT2D eigenvalue weighted by atomic mass is 9.90. The van der Waals surface area contributed by atoms with Crippen LogP contribution in [0.4, 0.5) is 0 Å². The van der Waals surface area contributed by atoms with E-state index >= 15 is 0 Å². The van der Waals surface area contributed by atoms with E-state index in [0.29, 0.717) is 36.6 Å². The SMILES string of the molecule is COc1ccccc1-c1nn(-c2ccccc2)cc1C(=O)N1CCC(C)(CN)C1. The van der Waals surface area contributed by atoms with Crippen LogP contribution in [0, 0.1) is 5.41 Å². The third kappa shape index (κ3) is 3.63. The average Bonchev–Trinajstić information content (AvgIpc) is 3.39. The fraction of sp³-hybridized carbons (Fsp3) is 0.304. The number of aromatic nitrogens is 2. The van der Waals surface area contributed by atoms with E-state index in [9.17, 15) is 4.79 Å². The molecule has 1 atom stereocenters. The monoisotopic (exact) mass is 390 g/mol. The maximum Gasteiger partial charge on any atom is 0.257 e. The summed E-state index contributed by atoms with van der Waals surface area (Å²) in [6.07, 6.45) is 2.73. The number of hydrogen-bond acceptors (Lipinski definition) is 4. The summed E-state index contributed by atoms with van der Waals surface area (Å²) in [7, 11) is 1.63. The van der Waals surface area contributed by atoms with Crippen molar-refractivity contribution in [3.63, 3.8) is 0 Å². The standard InChI is InChI=1S/C23H26N4O2/c1-23(15-24)12-13-26(16-23)22(28)19-14-27(17-8-4-3-5-9-17)25-21(19)18-10-6-7-11-20(18)29-2/h3-11,14H,12-13,15-16,24H2,1-2H3. The van der Waals surface area contributed by atoms with Crippen LogP contribution in [0.3, 0.4) is 0 Å². The highest BCUT2D eigenvalue weighted by Gasteiger charge is 2.36. The number of ether oxygens (including phenoxy) is 1. The largest absolute Gasteiger partial charge is 0.496 e. The minimum Gasteiger partial charge on any atom is -0.496 e. The van der Waals surface area contributed by atoms with Gasteiger partial charge in [0.25, 0.3) is 5.91 Å². The molecule has 0 bridgehead atoms. The molecule has 1 fully saturated rings. The molecule has 1 unspecified atom stereocenters. The van der Waals surface area contributed by atoms with E-state index in [1.54, 1.807) is 11.8 Å². The molecule has 0 aliphatic carbocycles. The van der Waals surface area contributed by atoms with Crippen molar-refractivity contribution in [3.05, 3.63) is 66.4 Å². The van der Waals surface area contributed by atoms with Gasteiger partial charge in [0.1, 0.15) is 11.4 Å². The number of carbonyl (C=O) groups is 1. The van der Waals surface area contributed by atoms with Crippen molar-refractivity contribution < 1.29 is 9.53 Å². The van der Waals surface area contributed by atoms with Gasteiger partial charge in [-0.3, -0.25) is 4.79 Å². The zero-order chi connectivity index (χ0) is 20.4. The number of para-hydroxylation sites is 2. The molecule has 6 nitrogen and oxygen atoms in total. The number of nitrogens with zero attached hydrogens (tertiary/aromatic N) is 3. The van der Waals surface area contributed by atoms with E-state index in [1.165, 1.54) is 0 Å². The number of methoxy groups -OCH3 is 1. The van der Waals surface area contributed by atoms with Gasteiger partial charge in [0.15, 0.2) is 0 Å². The molecule has 2 aromatic carbocycles. The Balaban J connectivity index is 1.80. The fourth-order valence-corrected chi connectivity index (χ4v) is 3.82. The summed E-state index contributed by atoms with van der Waals surface area (Å²) >= 11 is 0. The number of nitrogens with two attached hydrogens (primary N) is 1. The Hall–Kier alpha value is -3.12. The Kier molecular flexibility index (Phi) is 5.11. The van der Waals surface area contributed by atoms with Crippen molar-refractivity contribution in [2.75, 3.05) is 26.7 Å². The van der Waals surface area contributed by atoms with Crippen molar-refractivity contribution in [1.82, 2.24) is 14.7 Å². The number of hydrogen-bond donors (Lipinski definition) is 1. The first-order valence-corrected chi connectivity index (χ1v) is 9.82. The molecule has 1 aromatic heterocycles. The van der Waals surface area contributed by atoms with Gasteiger partial charge in [0.05, 0.1) is 18.4 Å². The van der Waals surface area contributed by atoms with E-state index in [1.807, 2.05) is 65.7 Å². The predicted octanol–water partition coefficient (Wildman–Crippen LogP) is 3.36. The van der Waals surface area contributed by atoms with Crippen molar-refractivity contribution in [1.29, 1.82) is 0 Å². The van der Waals surface area contributed by atoms with Crippen molar-refractivity contribution >= 4 is 5.91 Å². The quantitative estimate of drug-likeness (QED) is 0.725. The molecule has 6 heteroatoms. The van der Waals surface area contributed by atoms with Gasteiger partial charge in [-0.25, -0.2) is 4.68 Å². The van der Waals surface area contributed by atoms with Gasteiger partial charge in [-0.15, -0.1) is 0 Å². The Labute approximate surface area is 170 Å². The molecule has 1 aliphatic heterocycles. The lowest BCUT2D eigenvalue weighted by molar-refractivity contribution is 0.0777. The first kappa shape index (κ1) is 19.2. The summed E-state index contributed by atoms with van der Waals surface area (Å²) in [5.41, 5.74) is 8.80. The molecule has 1 amide bonds. The molecule has 4 rings (SSSR count). The van der Waals surface area contributed by atoms with Crippen molar-refractivity contribution in [3.8, 4) is 22.7 Å². The molecule has 0 spiro atoms. The van der Waals surface area contributed by atoms with Crippen molar-refractivity contribution in [2.24, 2.45) is 11.1 Å². The maximum atomic E-state index is 13.5.